The summed E-state index contributed by atoms with van der Waals surface area (Å²) in [5, 5.41) is 11.4. The zero-order valence-electron chi connectivity index (χ0n) is 8.33. The molecule has 0 atom stereocenters. The maximum absolute atomic E-state index is 11.7. The first-order chi connectivity index (χ1) is 6.47. The Morgan fingerprint density at radius 3 is 2.79 bits per heavy atom. The first-order valence-electron chi connectivity index (χ1n) is 4.45. The molecule has 1 fully saturated rings. The molecule has 76 valence electrons. The van der Waals surface area contributed by atoms with Crippen molar-refractivity contribution >= 4 is 11.8 Å². The Kier molecular flexibility index (Phi) is 2.75. The van der Waals surface area contributed by atoms with E-state index in [2.05, 4.69) is 5.32 Å². The van der Waals surface area contributed by atoms with Crippen molar-refractivity contribution in [3.63, 3.8) is 0 Å². The topological polar surface area (TPSA) is 73.2 Å². The van der Waals surface area contributed by atoms with Crippen LogP contribution in [-0.4, -0.2) is 36.3 Å². The lowest BCUT2D eigenvalue weighted by Gasteiger charge is -2.30. The van der Waals surface area contributed by atoms with E-state index in [9.17, 15) is 9.59 Å². The maximum Gasteiger partial charge on any atom is 0.243 e. The number of carbonyl (C=O) groups excluding carboxylic acids is 2. The smallest absolute Gasteiger partial charge is 0.243 e. The number of nitriles is 1. The van der Waals surface area contributed by atoms with Crippen molar-refractivity contribution in [2.24, 2.45) is 5.41 Å². The average molecular weight is 195 g/mol. The number of nitrogens with one attached hydrogen (secondary N) is 1. The Labute approximate surface area is 82.7 Å². The Hall–Kier alpha value is -1.57. The van der Waals surface area contributed by atoms with Crippen LogP contribution in [0.3, 0.4) is 0 Å². The molecule has 0 spiro atoms. The van der Waals surface area contributed by atoms with Gasteiger partial charge in [0.25, 0.3) is 0 Å². The molecule has 1 aliphatic rings. The second-order valence-corrected chi connectivity index (χ2v) is 3.81. The Bertz CT molecular complexity index is 304. The van der Waals surface area contributed by atoms with Gasteiger partial charge >= 0.3 is 0 Å². The summed E-state index contributed by atoms with van der Waals surface area (Å²) >= 11 is 0. The summed E-state index contributed by atoms with van der Waals surface area (Å²) in [5.41, 5.74) is -1.04. The third-order valence-corrected chi connectivity index (χ3v) is 2.14. The van der Waals surface area contributed by atoms with Gasteiger partial charge in [-0.1, -0.05) is 0 Å². The van der Waals surface area contributed by atoms with Crippen LogP contribution in [0.5, 0.6) is 0 Å². The van der Waals surface area contributed by atoms with Crippen LogP contribution < -0.4 is 5.32 Å². The lowest BCUT2D eigenvalue weighted by molar-refractivity contribution is -0.143. The molecule has 0 bridgehead atoms. The van der Waals surface area contributed by atoms with E-state index in [1.807, 2.05) is 6.07 Å². The number of rotatable bonds is 1. The summed E-state index contributed by atoms with van der Waals surface area (Å²) in [6, 6.07) is 1.93. The lowest BCUT2D eigenvalue weighted by atomic mass is 9.93. The Balaban J connectivity index is 2.70. The minimum atomic E-state index is -1.04. The molecule has 0 saturated carbocycles. The van der Waals surface area contributed by atoms with Crippen LogP contribution in [0.15, 0.2) is 0 Å². The molecule has 0 unspecified atom stereocenters. The molecule has 0 aromatic carbocycles. The summed E-state index contributed by atoms with van der Waals surface area (Å²) < 4.78 is 0. The molecule has 14 heavy (non-hydrogen) atoms. The standard InChI is InChI=1S/C9H13N3O2/c1-9(2,6-10)8(14)12-4-3-11-7(13)5-12/h3-5H2,1-2H3,(H,11,13). The van der Waals surface area contributed by atoms with Crippen molar-refractivity contribution in [1.29, 1.82) is 5.26 Å². The Morgan fingerprint density at radius 2 is 2.29 bits per heavy atom. The molecule has 1 rings (SSSR count). The molecule has 5 heteroatoms. The molecule has 0 aromatic heterocycles. The third kappa shape index (κ3) is 2.02. The number of amides is 2. The maximum atomic E-state index is 11.7. The van der Waals surface area contributed by atoms with Crippen molar-refractivity contribution in [1.82, 2.24) is 10.2 Å². The number of hydrogen-bond donors (Lipinski definition) is 1. The number of nitrogens with zero attached hydrogens (tertiary/aromatic N) is 2. The van der Waals surface area contributed by atoms with Gasteiger partial charge in [-0.25, -0.2) is 0 Å². The monoisotopic (exact) mass is 195 g/mol. The highest BCUT2D eigenvalue weighted by Gasteiger charge is 2.33. The molecule has 0 radical (unpaired) electrons. The van der Waals surface area contributed by atoms with Gasteiger partial charge in [0, 0.05) is 13.1 Å². The molecule has 0 aliphatic carbocycles. The van der Waals surface area contributed by atoms with Crippen LogP contribution in [0, 0.1) is 16.7 Å². The van der Waals surface area contributed by atoms with E-state index in [1.165, 1.54) is 4.90 Å². The van der Waals surface area contributed by atoms with E-state index in [0.717, 1.165) is 0 Å². The third-order valence-electron chi connectivity index (χ3n) is 2.14. The fourth-order valence-electron chi connectivity index (χ4n) is 1.26. The fraction of sp³-hybridized carbons (Fsp3) is 0.667. The highest BCUT2D eigenvalue weighted by atomic mass is 16.2. The number of hydrogen-bond acceptors (Lipinski definition) is 3. The van der Waals surface area contributed by atoms with E-state index in [-0.39, 0.29) is 18.4 Å². The van der Waals surface area contributed by atoms with E-state index in [0.29, 0.717) is 13.1 Å². The summed E-state index contributed by atoms with van der Waals surface area (Å²) in [5.74, 6) is -0.451. The molecule has 1 aliphatic heterocycles. The number of carbonyl (C=O) groups is 2. The molecule has 1 saturated heterocycles. The molecular formula is C9H13N3O2. The van der Waals surface area contributed by atoms with Gasteiger partial charge in [-0.2, -0.15) is 5.26 Å². The van der Waals surface area contributed by atoms with E-state index in [1.54, 1.807) is 13.8 Å². The van der Waals surface area contributed by atoms with Gasteiger partial charge in [-0.3, -0.25) is 9.59 Å². The zero-order valence-corrected chi connectivity index (χ0v) is 8.33. The van der Waals surface area contributed by atoms with Crippen molar-refractivity contribution in [3.8, 4) is 6.07 Å². The van der Waals surface area contributed by atoms with Crippen molar-refractivity contribution < 1.29 is 9.59 Å². The first kappa shape index (κ1) is 10.5. The van der Waals surface area contributed by atoms with Gasteiger partial charge < -0.3 is 10.2 Å². The van der Waals surface area contributed by atoms with Crippen LogP contribution in [-0.2, 0) is 9.59 Å². The molecule has 1 N–H and O–H groups in total. The van der Waals surface area contributed by atoms with Gasteiger partial charge in [0.05, 0.1) is 12.6 Å². The van der Waals surface area contributed by atoms with E-state index < -0.39 is 5.41 Å². The van der Waals surface area contributed by atoms with Crippen molar-refractivity contribution in [3.05, 3.63) is 0 Å². The second kappa shape index (κ2) is 3.66. The average Bonchev–Trinajstić information content (AvgIpc) is 2.16. The van der Waals surface area contributed by atoms with Gasteiger partial charge in [-0.05, 0) is 13.8 Å². The molecular weight excluding hydrogens is 182 g/mol. The number of piperazine rings is 1. The van der Waals surface area contributed by atoms with Crippen molar-refractivity contribution in [2.75, 3.05) is 19.6 Å². The summed E-state index contributed by atoms with van der Waals surface area (Å²) in [7, 11) is 0. The van der Waals surface area contributed by atoms with Crippen LogP contribution >= 0.6 is 0 Å². The lowest BCUT2D eigenvalue weighted by Crippen LogP contribution is -2.53. The predicted molar refractivity (Wildman–Crippen MR) is 49.0 cm³/mol. The van der Waals surface area contributed by atoms with E-state index in [4.69, 9.17) is 5.26 Å². The van der Waals surface area contributed by atoms with Gasteiger partial charge in [0.1, 0.15) is 5.41 Å². The summed E-state index contributed by atoms with van der Waals surface area (Å²) in [4.78, 5) is 24.1. The predicted octanol–water partition coefficient (Wildman–Crippen LogP) is -0.505. The van der Waals surface area contributed by atoms with Crippen LogP contribution in [0.25, 0.3) is 0 Å². The van der Waals surface area contributed by atoms with Crippen LogP contribution in [0.2, 0.25) is 0 Å². The summed E-state index contributed by atoms with van der Waals surface area (Å²) in [6.07, 6.45) is 0. The molecule has 2 amide bonds. The summed E-state index contributed by atoms with van der Waals surface area (Å²) in [6.45, 7) is 4.12. The highest BCUT2D eigenvalue weighted by molar-refractivity contribution is 5.89. The fourth-order valence-corrected chi connectivity index (χ4v) is 1.26. The van der Waals surface area contributed by atoms with Crippen molar-refractivity contribution in [2.45, 2.75) is 13.8 Å². The quantitative estimate of drug-likeness (QED) is 0.612. The largest absolute Gasteiger partial charge is 0.353 e. The van der Waals surface area contributed by atoms with Gasteiger partial charge in [0.2, 0.25) is 11.8 Å². The minimum Gasteiger partial charge on any atom is -0.353 e. The van der Waals surface area contributed by atoms with Gasteiger partial charge in [0.15, 0.2) is 0 Å². The van der Waals surface area contributed by atoms with E-state index >= 15 is 0 Å². The normalized spacial score (nSPS) is 17.2. The second-order valence-electron chi connectivity index (χ2n) is 3.81. The molecule has 0 aromatic rings. The van der Waals surface area contributed by atoms with Gasteiger partial charge in [-0.15, -0.1) is 0 Å². The zero-order chi connectivity index (χ0) is 10.8. The van der Waals surface area contributed by atoms with Crippen LogP contribution in [0.4, 0.5) is 0 Å². The molecule has 5 nitrogen and oxygen atoms in total. The first-order valence-corrected chi connectivity index (χ1v) is 4.45. The minimum absolute atomic E-state index is 0.0595. The van der Waals surface area contributed by atoms with Crippen LogP contribution in [0.1, 0.15) is 13.8 Å². The highest BCUT2D eigenvalue weighted by Crippen LogP contribution is 2.17. The molecule has 1 heterocycles. The Morgan fingerprint density at radius 1 is 1.64 bits per heavy atom. The SMILES string of the molecule is CC(C)(C#N)C(=O)N1CCNC(=O)C1.